The summed E-state index contributed by atoms with van der Waals surface area (Å²) < 4.78 is 1.10. The quantitative estimate of drug-likeness (QED) is 0.818. The van der Waals surface area contributed by atoms with E-state index in [1.807, 2.05) is 12.1 Å². The summed E-state index contributed by atoms with van der Waals surface area (Å²) in [5.41, 5.74) is 7.82. The predicted octanol–water partition coefficient (Wildman–Crippen LogP) is 2.69. The van der Waals surface area contributed by atoms with Crippen LogP contribution in [0.4, 0.5) is 0 Å². The van der Waals surface area contributed by atoms with Crippen LogP contribution in [0.5, 0.6) is 0 Å². The van der Waals surface area contributed by atoms with Crippen molar-refractivity contribution >= 4 is 27.5 Å². The molecule has 66 valence electrons. The van der Waals surface area contributed by atoms with Crippen LogP contribution in [0.25, 0.3) is 0 Å². The van der Waals surface area contributed by atoms with Crippen LogP contribution in [0.1, 0.15) is 11.1 Å². The van der Waals surface area contributed by atoms with Gasteiger partial charge in [-0.2, -0.15) is 0 Å². The molecule has 0 heterocycles. The normalized spacial score (nSPS) is 10.2. The zero-order valence-corrected chi connectivity index (χ0v) is 9.03. The maximum atomic E-state index is 5.68. The second kappa shape index (κ2) is 4.85. The van der Waals surface area contributed by atoms with Gasteiger partial charge in [-0.3, -0.25) is 0 Å². The highest BCUT2D eigenvalue weighted by Gasteiger charge is 1.99. The van der Waals surface area contributed by atoms with Crippen molar-refractivity contribution in [3.63, 3.8) is 0 Å². The summed E-state index contributed by atoms with van der Waals surface area (Å²) in [5.74, 6) is 0.557. The molecule has 0 unspecified atom stereocenters. The van der Waals surface area contributed by atoms with Crippen molar-refractivity contribution in [2.75, 3.05) is 6.54 Å². The lowest BCUT2D eigenvalue weighted by Crippen LogP contribution is -2.03. The SMILES string of the molecule is NCCc1ccc(CCl)cc1Br. The van der Waals surface area contributed by atoms with Crippen LogP contribution in [0, 0.1) is 0 Å². The van der Waals surface area contributed by atoms with Gasteiger partial charge in [-0.25, -0.2) is 0 Å². The molecule has 0 radical (unpaired) electrons. The Bertz CT molecular complexity index is 263. The molecule has 0 aromatic heterocycles. The maximum Gasteiger partial charge on any atom is 0.0474 e. The lowest BCUT2D eigenvalue weighted by molar-refractivity contribution is 0.962. The van der Waals surface area contributed by atoms with E-state index in [1.54, 1.807) is 0 Å². The summed E-state index contributed by atoms with van der Waals surface area (Å²) in [6.45, 7) is 0.679. The Labute approximate surface area is 86.0 Å². The summed E-state index contributed by atoms with van der Waals surface area (Å²) in [7, 11) is 0. The molecule has 2 N–H and O–H groups in total. The summed E-state index contributed by atoms with van der Waals surface area (Å²) in [5, 5.41) is 0. The van der Waals surface area contributed by atoms with Crippen LogP contribution in [0.3, 0.4) is 0 Å². The Morgan fingerprint density at radius 2 is 2.17 bits per heavy atom. The Balaban J connectivity index is 2.87. The lowest BCUT2D eigenvalue weighted by atomic mass is 10.1. The molecule has 1 aromatic carbocycles. The molecule has 0 aliphatic heterocycles. The van der Waals surface area contributed by atoms with Crippen molar-refractivity contribution in [3.05, 3.63) is 33.8 Å². The molecule has 0 spiro atoms. The fourth-order valence-electron chi connectivity index (χ4n) is 1.03. The molecule has 0 aliphatic carbocycles. The minimum Gasteiger partial charge on any atom is -0.330 e. The number of benzene rings is 1. The molecule has 0 saturated carbocycles. The first-order chi connectivity index (χ1) is 5.77. The van der Waals surface area contributed by atoms with Crippen molar-refractivity contribution in [3.8, 4) is 0 Å². The van der Waals surface area contributed by atoms with E-state index in [1.165, 1.54) is 5.56 Å². The third-order valence-electron chi connectivity index (χ3n) is 1.69. The van der Waals surface area contributed by atoms with Gasteiger partial charge in [0.1, 0.15) is 0 Å². The van der Waals surface area contributed by atoms with Gasteiger partial charge in [0.05, 0.1) is 0 Å². The van der Waals surface area contributed by atoms with Gasteiger partial charge >= 0.3 is 0 Å². The number of halogens is 2. The monoisotopic (exact) mass is 247 g/mol. The van der Waals surface area contributed by atoms with Crippen molar-refractivity contribution < 1.29 is 0 Å². The Hall–Kier alpha value is -0.0500. The highest BCUT2D eigenvalue weighted by atomic mass is 79.9. The Morgan fingerprint density at radius 3 is 2.67 bits per heavy atom. The van der Waals surface area contributed by atoms with Crippen molar-refractivity contribution in [2.24, 2.45) is 5.73 Å². The summed E-state index contributed by atoms with van der Waals surface area (Å²) >= 11 is 9.16. The zero-order valence-electron chi connectivity index (χ0n) is 6.69. The van der Waals surface area contributed by atoms with E-state index in [9.17, 15) is 0 Å². The average Bonchev–Trinajstić information content (AvgIpc) is 2.09. The van der Waals surface area contributed by atoms with Gasteiger partial charge in [0.2, 0.25) is 0 Å². The highest BCUT2D eigenvalue weighted by molar-refractivity contribution is 9.10. The first-order valence-electron chi connectivity index (χ1n) is 3.81. The third kappa shape index (κ3) is 2.47. The van der Waals surface area contributed by atoms with Gasteiger partial charge in [-0.1, -0.05) is 28.1 Å². The molecule has 12 heavy (non-hydrogen) atoms. The topological polar surface area (TPSA) is 26.0 Å². The molecule has 0 bridgehead atoms. The van der Waals surface area contributed by atoms with Crippen molar-refractivity contribution in [2.45, 2.75) is 12.3 Å². The minimum absolute atomic E-state index is 0.557. The standard InChI is InChI=1S/C9H11BrClN/c10-9-5-7(6-11)1-2-8(9)3-4-12/h1-2,5H,3-4,6,12H2. The van der Waals surface area contributed by atoms with E-state index in [4.69, 9.17) is 17.3 Å². The van der Waals surface area contributed by atoms with E-state index < -0.39 is 0 Å². The van der Waals surface area contributed by atoms with Gasteiger partial charge in [0.15, 0.2) is 0 Å². The van der Waals surface area contributed by atoms with Crippen LogP contribution < -0.4 is 5.73 Å². The second-order valence-electron chi connectivity index (χ2n) is 2.60. The summed E-state index contributed by atoms with van der Waals surface area (Å²) in [4.78, 5) is 0. The predicted molar refractivity (Wildman–Crippen MR) is 56.5 cm³/mol. The molecule has 0 saturated heterocycles. The molecule has 0 aliphatic rings. The molecular weight excluding hydrogens is 237 g/mol. The number of alkyl halides is 1. The van der Waals surface area contributed by atoms with E-state index >= 15 is 0 Å². The third-order valence-corrected chi connectivity index (χ3v) is 2.73. The summed E-state index contributed by atoms with van der Waals surface area (Å²) in [6, 6.07) is 6.13. The molecular formula is C9H11BrClN. The second-order valence-corrected chi connectivity index (χ2v) is 3.72. The molecule has 1 aromatic rings. The zero-order chi connectivity index (χ0) is 8.97. The molecule has 0 amide bonds. The van der Waals surface area contributed by atoms with Crippen LogP contribution >= 0.6 is 27.5 Å². The van der Waals surface area contributed by atoms with Crippen molar-refractivity contribution in [1.82, 2.24) is 0 Å². The highest BCUT2D eigenvalue weighted by Crippen LogP contribution is 2.19. The number of hydrogen-bond donors (Lipinski definition) is 1. The van der Waals surface area contributed by atoms with Gasteiger partial charge in [0.25, 0.3) is 0 Å². The van der Waals surface area contributed by atoms with E-state index in [0.717, 1.165) is 16.5 Å². The van der Waals surface area contributed by atoms with Crippen LogP contribution in [-0.4, -0.2) is 6.54 Å². The summed E-state index contributed by atoms with van der Waals surface area (Å²) in [6.07, 6.45) is 0.906. The molecule has 0 fully saturated rings. The number of hydrogen-bond acceptors (Lipinski definition) is 1. The minimum atomic E-state index is 0.557. The van der Waals surface area contributed by atoms with Crippen LogP contribution in [-0.2, 0) is 12.3 Å². The number of rotatable bonds is 3. The largest absolute Gasteiger partial charge is 0.330 e. The van der Waals surface area contributed by atoms with Crippen LogP contribution in [0.2, 0.25) is 0 Å². The molecule has 1 rings (SSSR count). The molecule has 1 nitrogen and oxygen atoms in total. The van der Waals surface area contributed by atoms with E-state index in [-0.39, 0.29) is 0 Å². The van der Waals surface area contributed by atoms with Gasteiger partial charge in [-0.05, 0) is 30.2 Å². The fourth-order valence-corrected chi connectivity index (χ4v) is 1.82. The number of nitrogens with two attached hydrogens (primary N) is 1. The van der Waals surface area contributed by atoms with Gasteiger partial charge < -0.3 is 5.73 Å². The fraction of sp³-hybridized carbons (Fsp3) is 0.333. The van der Waals surface area contributed by atoms with Gasteiger partial charge in [-0.15, -0.1) is 11.6 Å². The maximum absolute atomic E-state index is 5.68. The Morgan fingerprint density at radius 1 is 1.42 bits per heavy atom. The van der Waals surface area contributed by atoms with E-state index in [2.05, 4.69) is 22.0 Å². The van der Waals surface area contributed by atoms with Crippen LogP contribution in [0.15, 0.2) is 22.7 Å². The first-order valence-corrected chi connectivity index (χ1v) is 5.14. The van der Waals surface area contributed by atoms with Gasteiger partial charge in [0, 0.05) is 10.4 Å². The average molecular weight is 249 g/mol. The first kappa shape index (κ1) is 10.0. The molecule has 0 atom stereocenters. The lowest BCUT2D eigenvalue weighted by Gasteiger charge is -2.03. The Kier molecular flexibility index (Phi) is 4.06. The smallest absolute Gasteiger partial charge is 0.0474 e. The van der Waals surface area contributed by atoms with Crippen molar-refractivity contribution in [1.29, 1.82) is 0 Å². The molecule has 3 heteroatoms. The van der Waals surface area contributed by atoms with E-state index in [0.29, 0.717) is 12.4 Å².